The van der Waals surface area contributed by atoms with E-state index in [2.05, 4.69) is 17.9 Å². The first-order valence-electron chi connectivity index (χ1n) is 6.44. The lowest BCUT2D eigenvalue weighted by molar-refractivity contribution is -0.0498. The van der Waals surface area contributed by atoms with Gasteiger partial charge in [-0.3, -0.25) is 4.90 Å². The highest BCUT2D eigenvalue weighted by molar-refractivity contribution is 6.30. The van der Waals surface area contributed by atoms with Crippen LogP contribution >= 0.6 is 11.6 Å². The van der Waals surface area contributed by atoms with Gasteiger partial charge >= 0.3 is 0 Å². The van der Waals surface area contributed by atoms with Crippen LogP contribution in [0.15, 0.2) is 24.3 Å². The van der Waals surface area contributed by atoms with Crippen LogP contribution in [0, 0.1) is 0 Å². The van der Waals surface area contributed by atoms with Gasteiger partial charge in [0.25, 0.3) is 0 Å². The zero-order valence-corrected chi connectivity index (χ0v) is 11.7. The van der Waals surface area contributed by atoms with E-state index in [9.17, 15) is 0 Å². The van der Waals surface area contributed by atoms with Crippen LogP contribution in [0.2, 0.25) is 5.02 Å². The van der Waals surface area contributed by atoms with Gasteiger partial charge in [-0.1, -0.05) is 23.7 Å². The Labute approximate surface area is 114 Å². The third-order valence-electron chi connectivity index (χ3n) is 3.59. The van der Waals surface area contributed by atoms with E-state index < -0.39 is 0 Å². The number of morpholine rings is 1. The predicted octanol–water partition coefficient (Wildman–Crippen LogP) is 2.45. The molecule has 2 rings (SSSR count). The summed E-state index contributed by atoms with van der Waals surface area (Å²) in [5.41, 5.74) is 7.16. The Morgan fingerprint density at radius 2 is 2.22 bits per heavy atom. The lowest BCUT2D eigenvalue weighted by Crippen LogP contribution is -2.50. The number of ether oxygens (including phenoxy) is 1. The third-order valence-corrected chi connectivity index (χ3v) is 3.83. The van der Waals surface area contributed by atoms with Crippen molar-refractivity contribution in [2.24, 2.45) is 5.73 Å². The largest absolute Gasteiger partial charge is 0.374 e. The second kappa shape index (κ2) is 6.02. The summed E-state index contributed by atoms with van der Waals surface area (Å²) < 4.78 is 5.69. The monoisotopic (exact) mass is 268 g/mol. The molecule has 4 heteroatoms. The SMILES string of the molecule is CC(N)C1CN(C(C)c2cccc(Cl)c2)CCO1. The molecule has 2 N–H and O–H groups in total. The van der Waals surface area contributed by atoms with E-state index in [-0.39, 0.29) is 12.1 Å². The van der Waals surface area contributed by atoms with E-state index in [1.165, 1.54) is 5.56 Å². The first-order chi connectivity index (χ1) is 8.58. The highest BCUT2D eigenvalue weighted by atomic mass is 35.5. The average molecular weight is 269 g/mol. The minimum atomic E-state index is 0.0689. The van der Waals surface area contributed by atoms with E-state index >= 15 is 0 Å². The van der Waals surface area contributed by atoms with Crippen LogP contribution < -0.4 is 5.73 Å². The standard InChI is InChI=1S/C14H21ClN2O/c1-10(16)14-9-17(6-7-18-14)11(2)12-4-3-5-13(15)8-12/h3-5,8,10-11,14H,6-7,9,16H2,1-2H3. The van der Waals surface area contributed by atoms with Gasteiger partial charge in [-0.25, -0.2) is 0 Å². The van der Waals surface area contributed by atoms with Crippen molar-refractivity contribution in [3.05, 3.63) is 34.9 Å². The van der Waals surface area contributed by atoms with Crippen LogP contribution in [-0.2, 0) is 4.74 Å². The first kappa shape index (κ1) is 13.8. The van der Waals surface area contributed by atoms with Gasteiger partial charge in [0, 0.05) is 30.2 Å². The Balaban J connectivity index is 2.06. The van der Waals surface area contributed by atoms with Gasteiger partial charge in [-0.05, 0) is 31.5 Å². The smallest absolute Gasteiger partial charge is 0.0850 e. The maximum absolute atomic E-state index is 6.04. The Morgan fingerprint density at radius 1 is 1.44 bits per heavy atom. The van der Waals surface area contributed by atoms with Crippen molar-refractivity contribution < 1.29 is 4.74 Å². The van der Waals surface area contributed by atoms with Gasteiger partial charge in [-0.15, -0.1) is 0 Å². The van der Waals surface area contributed by atoms with E-state index in [0.717, 1.165) is 24.7 Å². The van der Waals surface area contributed by atoms with Gasteiger partial charge in [0.05, 0.1) is 12.7 Å². The van der Waals surface area contributed by atoms with Crippen LogP contribution in [-0.4, -0.2) is 36.7 Å². The van der Waals surface area contributed by atoms with Crippen molar-refractivity contribution in [1.29, 1.82) is 0 Å². The van der Waals surface area contributed by atoms with Crippen LogP contribution in [0.3, 0.4) is 0 Å². The summed E-state index contributed by atoms with van der Waals surface area (Å²) in [4.78, 5) is 2.41. The molecule has 1 heterocycles. The molecule has 0 bridgehead atoms. The molecule has 1 aliphatic heterocycles. The topological polar surface area (TPSA) is 38.5 Å². The molecule has 1 saturated heterocycles. The summed E-state index contributed by atoms with van der Waals surface area (Å²) in [6, 6.07) is 8.46. The molecule has 0 spiro atoms. The number of hydrogen-bond acceptors (Lipinski definition) is 3. The number of hydrogen-bond donors (Lipinski definition) is 1. The van der Waals surface area contributed by atoms with Crippen LogP contribution in [0.25, 0.3) is 0 Å². The number of nitrogens with zero attached hydrogens (tertiary/aromatic N) is 1. The normalized spacial score (nSPS) is 24.8. The summed E-state index contributed by atoms with van der Waals surface area (Å²) in [6.07, 6.45) is 0.125. The quantitative estimate of drug-likeness (QED) is 0.915. The number of halogens is 1. The molecule has 1 aliphatic rings. The summed E-state index contributed by atoms with van der Waals surface area (Å²) in [6.45, 7) is 6.77. The van der Waals surface area contributed by atoms with Crippen molar-refractivity contribution >= 4 is 11.6 Å². The molecule has 18 heavy (non-hydrogen) atoms. The minimum absolute atomic E-state index is 0.0689. The fraction of sp³-hybridized carbons (Fsp3) is 0.571. The molecule has 0 saturated carbocycles. The second-order valence-corrected chi connectivity index (χ2v) is 5.43. The molecule has 0 radical (unpaired) electrons. The summed E-state index contributed by atoms with van der Waals surface area (Å²) in [5, 5.41) is 0.788. The fourth-order valence-electron chi connectivity index (χ4n) is 2.34. The van der Waals surface area contributed by atoms with Crippen molar-refractivity contribution in [1.82, 2.24) is 4.90 Å². The molecule has 1 aromatic rings. The molecule has 0 amide bonds. The Kier molecular flexibility index (Phi) is 4.62. The van der Waals surface area contributed by atoms with Crippen molar-refractivity contribution in [3.63, 3.8) is 0 Å². The summed E-state index contributed by atoms with van der Waals surface area (Å²) >= 11 is 6.04. The number of rotatable bonds is 3. The highest BCUT2D eigenvalue weighted by Gasteiger charge is 2.26. The van der Waals surface area contributed by atoms with Crippen molar-refractivity contribution in [3.8, 4) is 0 Å². The molecule has 0 aliphatic carbocycles. The minimum Gasteiger partial charge on any atom is -0.374 e. The third kappa shape index (κ3) is 3.23. The van der Waals surface area contributed by atoms with E-state index in [1.807, 2.05) is 25.1 Å². The Morgan fingerprint density at radius 3 is 2.89 bits per heavy atom. The van der Waals surface area contributed by atoms with E-state index in [4.69, 9.17) is 22.1 Å². The van der Waals surface area contributed by atoms with Crippen LogP contribution in [0.4, 0.5) is 0 Å². The molecule has 3 atom stereocenters. The molecule has 1 aromatic carbocycles. The molecular formula is C14H21ClN2O. The van der Waals surface area contributed by atoms with Crippen LogP contribution in [0.5, 0.6) is 0 Å². The zero-order chi connectivity index (χ0) is 13.1. The zero-order valence-electron chi connectivity index (χ0n) is 11.0. The fourth-order valence-corrected chi connectivity index (χ4v) is 2.54. The maximum Gasteiger partial charge on any atom is 0.0850 e. The molecule has 1 fully saturated rings. The van der Waals surface area contributed by atoms with Gasteiger partial charge in [-0.2, -0.15) is 0 Å². The molecule has 3 nitrogen and oxygen atoms in total. The maximum atomic E-state index is 6.04. The second-order valence-electron chi connectivity index (χ2n) is 4.99. The Bertz CT molecular complexity index is 397. The number of nitrogens with two attached hydrogens (primary N) is 1. The van der Waals surface area contributed by atoms with Crippen molar-refractivity contribution in [2.75, 3.05) is 19.7 Å². The van der Waals surface area contributed by atoms with Crippen molar-refractivity contribution in [2.45, 2.75) is 32.0 Å². The molecule has 0 aromatic heterocycles. The molecular weight excluding hydrogens is 248 g/mol. The summed E-state index contributed by atoms with van der Waals surface area (Å²) in [5.74, 6) is 0. The molecule has 100 valence electrons. The lowest BCUT2D eigenvalue weighted by atomic mass is 10.0. The highest BCUT2D eigenvalue weighted by Crippen LogP contribution is 2.25. The van der Waals surface area contributed by atoms with E-state index in [1.54, 1.807) is 0 Å². The van der Waals surface area contributed by atoms with Gasteiger partial charge in [0.1, 0.15) is 0 Å². The van der Waals surface area contributed by atoms with Crippen LogP contribution in [0.1, 0.15) is 25.5 Å². The predicted molar refractivity (Wildman–Crippen MR) is 74.8 cm³/mol. The molecule has 3 unspecified atom stereocenters. The van der Waals surface area contributed by atoms with Gasteiger partial charge in [0.15, 0.2) is 0 Å². The van der Waals surface area contributed by atoms with E-state index in [0.29, 0.717) is 6.04 Å². The summed E-state index contributed by atoms with van der Waals surface area (Å²) in [7, 11) is 0. The van der Waals surface area contributed by atoms with Gasteiger partial charge in [0.2, 0.25) is 0 Å². The first-order valence-corrected chi connectivity index (χ1v) is 6.82. The van der Waals surface area contributed by atoms with Gasteiger partial charge < -0.3 is 10.5 Å². The Hall–Kier alpha value is -0.610. The average Bonchev–Trinajstić information content (AvgIpc) is 2.38. The number of benzene rings is 1. The lowest BCUT2D eigenvalue weighted by Gasteiger charge is -2.38.